The van der Waals surface area contributed by atoms with Crippen LogP contribution in [-0.2, 0) is 13.0 Å². The van der Waals surface area contributed by atoms with Gasteiger partial charge in [0, 0.05) is 6.04 Å². The monoisotopic (exact) mass is 335 g/mol. The summed E-state index contributed by atoms with van der Waals surface area (Å²) in [6, 6.07) is 11.1. The maximum atomic E-state index is 13.1. The zero-order valence-corrected chi connectivity index (χ0v) is 12.5. The fourth-order valence-electron chi connectivity index (χ4n) is 2.51. The first-order chi connectivity index (χ1) is 9.63. The highest BCUT2D eigenvalue weighted by Gasteiger charge is 2.19. The van der Waals surface area contributed by atoms with Crippen molar-refractivity contribution in [2.24, 2.45) is 5.73 Å². The molecule has 0 fully saturated rings. The molecular formula is C16H15BrFNO. The molecule has 0 saturated carbocycles. The van der Waals surface area contributed by atoms with Gasteiger partial charge in [-0.25, -0.2) is 4.39 Å². The second kappa shape index (κ2) is 5.54. The molecule has 0 aliphatic heterocycles. The predicted molar refractivity (Wildman–Crippen MR) is 80.1 cm³/mol. The number of aryl methyl sites for hydroxylation is 1. The minimum Gasteiger partial charge on any atom is -0.489 e. The smallest absolute Gasteiger partial charge is 0.137 e. The molecule has 4 heteroatoms. The highest BCUT2D eigenvalue weighted by molar-refractivity contribution is 9.10. The summed E-state index contributed by atoms with van der Waals surface area (Å²) in [5.74, 6) is 0.568. The van der Waals surface area contributed by atoms with Gasteiger partial charge >= 0.3 is 0 Å². The van der Waals surface area contributed by atoms with Crippen molar-refractivity contribution < 1.29 is 9.13 Å². The van der Waals surface area contributed by atoms with Gasteiger partial charge in [-0.1, -0.05) is 12.1 Å². The van der Waals surface area contributed by atoms with E-state index in [0.29, 0.717) is 11.1 Å². The summed E-state index contributed by atoms with van der Waals surface area (Å²) in [5, 5.41) is 0. The third-order valence-electron chi connectivity index (χ3n) is 3.63. The number of hydrogen-bond acceptors (Lipinski definition) is 2. The van der Waals surface area contributed by atoms with Gasteiger partial charge in [0.1, 0.15) is 18.2 Å². The molecule has 0 saturated heterocycles. The van der Waals surface area contributed by atoms with Crippen molar-refractivity contribution in [2.75, 3.05) is 0 Å². The normalized spacial score (nSPS) is 17.1. The molecule has 0 heterocycles. The second-order valence-corrected chi connectivity index (χ2v) is 5.90. The molecule has 2 aromatic rings. The number of benzene rings is 2. The van der Waals surface area contributed by atoms with Gasteiger partial charge in [-0.2, -0.15) is 0 Å². The number of rotatable bonds is 3. The number of ether oxygens (including phenoxy) is 1. The average molecular weight is 336 g/mol. The summed E-state index contributed by atoms with van der Waals surface area (Å²) in [6.45, 7) is 0.420. The molecule has 1 unspecified atom stereocenters. The zero-order chi connectivity index (χ0) is 14.1. The van der Waals surface area contributed by atoms with Crippen LogP contribution >= 0.6 is 15.9 Å². The van der Waals surface area contributed by atoms with Crippen LogP contribution in [0.15, 0.2) is 40.9 Å². The van der Waals surface area contributed by atoms with Crippen LogP contribution in [0.25, 0.3) is 0 Å². The van der Waals surface area contributed by atoms with E-state index in [-0.39, 0.29) is 11.9 Å². The molecule has 0 spiro atoms. The lowest BCUT2D eigenvalue weighted by molar-refractivity contribution is 0.305. The van der Waals surface area contributed by atoms with Crippen LogP contribution in [0.3, 0.4) is 0 Å². The average Bonchev–Trinajstić information content (AvgIpc) is 2.81. The van der Waals surface area contributed by atoms with Gasteiger partial charge in [0.25, 0.3) is 0 Å². The molecule has 1 atom stereocenters. The van der Waals surface area contributed by atoms with E-state index in [1.54, 1.807) is 12.1 Å². The Morgan fingerprint density at radius 1 is 1.25 bits per heavy atom. The van der Waals surface area contributed by atoms with Crippen molar-refractivity contribution in [3.63, 3.8) is 0 Å². The molecule has 20 heavy (non-hydrogen) atoms. The fourth-order valence-corrected chi connectivity index (χ4v) is 2.94. The van der Waals surface area contributed by atoms with Crippen LogP contribution in [0.4, 0.5) is 4.39 Å². The Balaban J connectivity index is 1.71. The van der Waals surface area contributed by atoms with Crippen molar-refractivity contribution >= 4 is 15.9 Å². The Morgan fingerprint density at radius 2 is 2.10 bits per heavy atom. The Morgan fingerprint density at radius 3 is 2.90 bits per heavy atom. The highest BCUT2D eigenvalue weighted by atomic mass is 79.9. The van der Waals surface area contributed by atoms with Crippen LogP contribution in [-0.4, -0.2) is 0 Å². The summed E-state index contributed by atoms with van der Waals surface area (Å²) in [5.41, 5.74) is 9.43. The largest absolute Gasteiger partial charge is 0.489 e. The number of fused-ring (bicyclic) bond motifs is 1. The van der Waals surface area contributed by atoms with E-state index in [4.69, 9.17) is 10.5 Å². The van der Waals surface area contributed by atoms with Gasteiger partial charge in [-0.3, -0.25) is 0 Å². The van der Waals surface area contributed by atoms with E-state index in [1.165, 1.54) is 17.2 Å². The summed E-state index contributed by atoms with van der Waals surface area (Å²) >= 11 is 3.18. The van der Waals surface area contributed by atoms with E-state index < -0.39 is 0 Å². The van der Waals surface area contributed by atoms with Gasteiger partial charge in [-0.05, 0) is 69.7 Å². The molecule has 2 nitrogen and oxygen atoms in total. The Labute approximate surface area is 125 Å². The zero-order valence-electron chi connectivity index (χ0n) is 10.9. The van der Waals surface area contributed by atoms with Crippen molar-refractivity contribution in [3.05, 3.63) is 63.4 Å². The lowest BCUT2D eigenvalue weighted by Crippen LogP contribution is -2.05. The van der Waals surface area contributed by atoms with E-state index in [1.807, 2.05) is 12.1 Å². The highest BCUT2D eigenvalue weighted by Crippen LogP contribution is 2.32. The minimum atomic E-state index is -0.264. The molecule has 2 N–H and O–H groups in total. The first-order valence-corrected chi connectivity index (χ1v) is 7.38. The molecule has 0 amide bonds. The number of halogens is 2. The van der Waals surface area contributed by atoms with Gasteiger partial charge in [0.05, 0.1) is 4.47 Å². The predicted octanol–water partition coefficient (Wildman–Crippen LogP) is 4.11. The Bertz CT molecular complexity index is 644. The summed E-state index contributed by atoms with van der Waals surface area (Å²) < 4.78 is 19.4. The standard InChI is InChI=1S/C16H15BrFNO/c17-14-7-10(1-5-15(14)18)9-20-12-3-4-13-11(8-12)2-6-16(13)19/h1,3-5,7-8,16H,2,6,9,19H2. The molecule has 0 aromatic heterocycles. The second-order valence-electron chi connectivity index (χ2n) is 5.04. The summed E-state index contributed by atoms with van der Waals surface area (Å²) in [6.07, 6.45) is 2.01. The maximum Gasteiger partial charge on any atom is 0.137 e. The molecular weight excluding hydrogens is 321 g/mol. The maximum absolute atomic E-state index is 13.1. The lowest BCUT2D eigenvalue weighted by Gasteiger charge is -2.10. The van der Waals surface area contributed by atoms with Crippen LogP contribution in [0.5, 0.6) is 5.75 Å². The summed E-state index contributed by atoms with van der Waals surface area (Å²) in [7, 11) is 0. The van der Waals surface area contributed by atoms with E-state index >= 15 is 0 Å². The van der Waals surface area contributed by atoms with Crippen LogP contribution < -0.4 is 10.5 Å². The molecule has 1 aliphatic carbocycles. The topological polar surface area (TPSA) is 35.2 Å². The number of nitrogens with two attached hydrogens (primary N) is 1. The van der Waals surface area contributed by atoms with Crippen LogP contribution in [0, 0.1) is 5.82 Å². The van der Waals surface area contributed by atoms with E-state index in [9.17, 15) is 4.39 Å². The quantitative estimate of drug-likeness (QED) is 0.915. The first-order valence-electron chi connectivity index (χ1n) is 6.58. The molecule has 2 aromatic carbocycles. The molecule has 104 valence electrons. The molecule has 0 radical (unpaired) electrons. The Kier molecular flexibility index (Phi) is 3.76. The third-order valence-corrected chi connectivity index (χ3v) is 4.24. The molecule has 3 rings (SSSR count). The molecule has 0 bridgehead atoms. The first kappa shape index (κ1) is 13.6. The SMILES string of the molecule is NC1CCc2cc(OCc3ccc(F)c(Br)c3)ccc21. The molecule has 1 aliphatic rings. The van der Waals surface area contributed by atoms with Crippen molar-refractivity contribution in [1.82, 2.24) is 0 Å². The van der Waals surface area contributed by atoms with Crippen molar-refractivity contribution in [2.45, 2.75) is 25.5 Å². The van der Waals surface area contributed by atoms with E-state index in [0.717, 1.165) is 24.2 Å². The number of hydrogen-bond donors (Lipinski definition) is 1. The van der Waals surface area contributed by atoms with E-state index in [2.05, 4.69) is 22.0 Å². The Hall–Kier alpha value is -1.39. The van der Waals surface area contributed by atoms with Crippen molar-refractivity contribution in [3.8, 4) is 5.75 Å². The van der Waals surface area contributed by atoms with Crippen molar-refractivity contribution in [1.29, 1.82) is 0 Å². The van der Waals surface area contributed by atoms with Gasteiger partial charge in [0.15, 0.2) is 0 Å². The van der Waals surface area contributed by atoms with Gasteiger partial charge in [-0.15, -0.1) is 0 Å². The third kappa shape index (κ3) is 2.72. The fraction of sp³-hybridized carbons (Fsp3) is 0.250. The van der Waals surface area contributed by atoms with Crippen LogP contribution in [0.1, 0.15) is 29.2 Å². The minimum absolute atomic E-state index is 0.159. The summed E-state index contributed by atoms with van der Waals surface area (Å²) in [4.78, 5) is 0. The van der Waals surface area contributed by atoms with Crippen LogP contribution in [0.2, 0.25) is 0 Å². The van der Waals surface area contributed by atoms with Gasteiger partial charge in [0.2, 0.25) is 0 Å². The lowest BCUT2D eigenvalue weighted by atomic mass is 10.1. The van der Waals surface area contributed by atoms with Gasteiger partial charge < -0.3 is 10.5 Å².